The minimum atomic E-state index is -1.07. The third kappa shape index (κ3) is 4.35. The van der Waals surface area contributed by atoms with Crippen LogP contribution in [0.15, 0.2) is 24.3 Å². The number of aliphatic carboxylic acids is 1. The molecule has 0 saturated carbocycles. The lowest BCUT2D eigenvalue weighted by molar-refractivity contribution is -0.131. The highest BCUT2D eigenvalue weighted by Crippen LogP contribution is 2.20. The predicted octanol–water partition coefficient (Wildman–Crippen LogP) is 2.86. The predicted molar refractivity (Wildman–Crippen MR) is 80.3 cm³/mol. The van der Waals surface area contributed by atoms with Gasteiger partial charge in [0.1, 0.15) is 5.82 Å². The first-order valence-electron chi connectivity index (χ1n) is 6.58. The Labute approximate surface area is 122 Å². The van der Waals surface area contributed by atoms with Crippen molar-refractivity contribution >= 4 is 23.8 Å². The van der Waals surface area contributed by atoms with Crippen LogP contribution in [0.4, 0.5) is 4.39 Å². The summed E-state index contributed by atoms with van der Waals surface area (Å²) in [7, 11) is 0. The molecule has 2 rings (SSSR count). The summed E-state index contributed by atoms with van der Waals surface area (Å²) in [5.41, 5.74) is 1.33. The lowest BCUT2D eigenvalue weighted by atomic mass is 10.1. The van der Waals surface area contributed by atoms with Crippen molar-refractivity contribution in [2.24, 2.45) is 0 Å². The van der Waals surface area contributed by atoms with Crippen LogP contribution in [0.1, 0.15) is 18.1 Å². The van der Waals surface area contributed by atoms with E-state index in [1.165, 1.54) is 12.1 Å². The quantitative estimate of drug-likeness (QED) is 0.867. The molecule has 108 valence electrons. The molecule has 1 saturated heterocycles. The number of halogens is 1. The lowest BCUT2D eigenvalue weighted by Gasteiger charge is -2.30. The van der Waals surface area contributed by atoms with Crippen molar-refractivity contribution in [1.29, 1.82) is 0 Å². The van der Waals surface area contributed by atoms with Gasteiger partial charge in [-0.25, -0.2) is 9.18 Å². The van der Waals surface area contributed by atoms with Gasteiger partial charge in [-0.1, -0.05) is 13.0 Å². The highest BCUT2D eigenvalue weighted by atomic mass is 32.2. The molecular formula is C15H18FNO2S. The first-order valence-corrected chi connectivity index (χ1v) is 7.63. The van der Waals surface area contributed by atoms with E-state index >= 15 is 0 Å². The standard InChI is InChI=1S/C15H18FNO2S/c1-11-9-17(6-7-20-11)10-12-2-4-14(16)13(8-12)3-5-15(18)19/h2-5,8,11H,6-7,9-10H2,1H3,(H,18,19)/b5-3+. The Morgan fingerprint density at radius 1 is 1.60 bits per heavy atom. The van der Waals surface area contributed by atoms with E-state index in [2.05, 4.69) is 11.8 Å². The van der Waals surface area contributed by atoms with Crippen molar-refractivity contribution in [3.05, 3.63) is 41.2 Å². The van der Waals surface area contributed by atoms with Crippen molar-refractivity contribution in [2.45, 2.75) is 18.7 Å². The molecule has 1 heterocycles. The summed E-state index contributed by atoms with van der Waals surface area (Å²) >= 11 is 1.97. The molecule has 1 aliphatic rings. The molecule has 1 atom stereocenters. The summed E-state index contributed by atoms with van der Waals surface area (Å²) in [4.78, 5) is 12.8. The second-order valence-electron chi connectivity index (χ2n) is 4.94. The topological polar surface area (TPSA) is 40.5 Å². The van der Waals surface area contributed by atoms with Gasteiger partial charge in [0.15, 0.2) is 0 Å². The number of nitrogens with zero attached hydrogens (tertiary/aromatic N) is 1. The molecule has 0 bridgehead atoms. The zero-order valence-corrected chi connectivity index (χ0v) is 12.2. The van der Waals surface area contributed by atoms with E-state index in [0.717, 1.165) is 37.0 Å². The minimum absolute atomic E-state index is 0.323. The molecule has 1 unspecified atom stereocenters. The van der Waals surface area contributed by atoms with Crippen LogP contribution in [0.2, 0.25) is 0 Å². The summed E-state index contributed by atoms with van der Waals surface area (Å²) in [5, 5.41) is 9.23. The Kier molecular flexibility index (Phi) is 5.20. The molecule has 0 amide bonds. The monoisotopic (exact) mass is 295 g/mol. The molecule has 1 aliphatic heterocycles. The van der Waals surface area contributed by atoms with Crippen LogP contribution in [0.5, 0.6) is 0 Å². The smallest absolute Gasteiger partial charge is 0.328 e. The number of rotatable bonds is 4. The first kappa shape index (κ1) is 15.1. The largest absolute Gasteiger partial charge is 0.478 e. The van der Waals surface area contributed by atoms with E-state index in [-0.39, 0.29) is 0 Å². The van der Waals surface area contributed by atoms with Crippen LogP contribution in [-0.2, 0) is 11.3 Å². The van der Waals surface area contributed by atoms with Gasteiger partial charge in [-0.05, 0) is 23.8 Å². The molecule has 0 radical (unpaired) electrons. The third-order valence-corrected chi connectivity index (χ3v) is 4.33. The fourth-order valence-electron chi connectivity index (χ4n) is 2.27. The zero-order chi connectivity index (χ0) is 14.5. The molecular weight excluding hydrogens is 277 g/mol. The number of hydrogen-bond donors (Lipinski definition) is 1. The normalized spacial score (nSPS) is 20.4. The Morgan fingerprint density at radius 2 is 2.40 bits per heavy atom. The van der Waals surface area contributed by atoms with Crippen LogP contribution >= 0.6 is 11.8 Å². The summed E-state index contributed by atoms with van der Waals surface area (Å²) in [6.45, 7) is 5.05. The molecule has 0 aliphatic carbocycles. The molecule has 1 aromatic carbocycles. The second kappa shape index (κ2) is 6.90. The maximum Gasteiger partial charge on any atom is 0.328 e. The molecule has 0 spiro atoms. The molecule has 1 fully saturated rings. The Balaban J connectivity index is 2.08. The van der Waals surface area contributed by atoms with Gasteiger partial charge < -0.3 is 5.11 Å². The van der Waals surface area contributed by atoms with E-state index in [4.69, 9.17) is 5.11 Å². The number of benzene rings is 1. The fourth-order valence-corrected chi connectivity index (χ4v) is 3.35. The van der Waals surface area contributed by atoms with Gasteiger partial charge in [-0.3, -0.25) is 4.90 Å². The average Bonchev–Trinajstić information content (AvgIpc) is 2.39. The molecule has 3 nitrogen and oxygen atoms in total. The summed E-state index contributed by atoms with van der Waals surface area (Å²) in [6, 6.07) is 4.89. The number of carbonyl (C=O) groups is 1. The Morgan fingerprint density at radius 3 is 3.10 bits per heavy atom. The maximum atomic E-state index is 13.6. The Bertz CT molecular complexity index is 519. The number of carboxylic acids is 1. The molecule has 20 heavy (non-hydrogen) atoms. The third-order valence-electron chi connectivity index (χ3n) is 3.20. The molecule has 5 heteroatoms. The molecule has 0 aromatic heterocycles. The number of thioether (sulfide) groups is 1. The van der Waals surface area contributed by atoms with Crippen molar-refractivity contribution in [3.63, 3.8) is 0 Å². The van der Waals surface area contributed by atoms with Gasteiger partial charge in [0.2, 0.25) is 0 Å². The van der Waals surface area contributed by atoms with Crippen LogP contribution in [0.3, 0.4) is 0 Å². The van der Waals surface area contributed by atoms with Crippen LogP contribution < -0.4 is 0 Å². The van der Waals surface area contributed by atoms with Gasteiger partial charge in [-0.15, -0.1) is 0 Å². The van der Waals surface area contributed by atoms with Gasteiger partial charge in [0, 0.05) is 42.3 Å². The number of hydrogen-bond acceptors (Lipinski definition) is 3. The first-order chi connectivity index (χ1) is 9.54. The van der Waals surface area contributed by atoms with Crippen molar-refractivity contribution in [1.82, 2.24) is 4.90 Å². The second-order valence-corrected chi connectivity index (χ2v) is 6.49. The van der Waals surface area contributed by atoms with E-state index in [1.54, 1.807) is 12.1 Å². The van der Waals surface area contributed by atoms with E-state index in [0.29, 0.717) is 10.8 Å². The minimum Gasteiger partial charge on any atom is -0.478 e. The lowest BCUT2D eigenvalue weighted by Crippen LogP contribution is -2.36. The molecule has 1 aromatic rings. The van der Waals surface area contributed by atoms with Crippen LogP contribution in [0, 0.1) is 5.82 Å². The van der Waals surface area contributed by atoms with Gasteiger partial charge in [-0.2, -0.15) is 11.8 Å². The van der Waals surface area contributed by atoms with Crippen molar-refractivity contribution in [3.8, 4) is 0 Å². The summed E-state index contributed by atoms with van der Waals surface area (Å²) in [6.07, 6.45) is 2.26. The summed E-state index contributed by atoms with van der Waals surface area (Å²) in [5.74, 6) is -0.348. The van der Waals surface area contributed by atoms with Gasteiger partial charge in [0.25, 0.3) is 0 Å². The van der Waals surface area contributed by atoms with Gasteiger partial charge in [0.05, 0.1) is 0 Å². The SMILES string of the molecule is CC1CN(Cc2ccc(F)c(/C=C/C(=O)O)c2)CCS1. The summed E-state index contributed by atoms with van der Waals surface area (Å²) < 4.78 is 13.6. The van der Waals surface area contributed by atoms with Crippen molar-refractivity contribution < 1.29 is 14.3 Å². The average molecular weight is 295 g/mol. The number of carboxylic acid groups (broad SMARTS) is 1. The van der Waals surface area contributed by atoms with E-state index < -0.39 is 11.8 Å². The van der Waals surface area contributed by atoms with Crippen LogP contribution in [-0.4, -0.2) is 40.1 Å². The zero-order valence-electron chi connectivity index (χ0n) is 11.4. The maximum absolute atomic E-state index is 13.6. The van der Waals surface area contributed by atoms with E-state index in [9.17, 15) is 9.18 Å². The van der Waals surface area contributed by atoms with E-state index in [1.807, 2.05) is 11.8 Å². The van der Waals surface area contributed by atoms with Crippen LogP contribution in [0.25, 0.3) is 6.08 Å². The fraction of sp³-hybridized carbons (Fsp3) is 0.400. The van der Waals surface area contributed by atoms with Crippen molar-refractivity contribution in [2.75, 3.05) is 18.8 Å². The highest BCUT2D eigenvalue weighted by molar-refractivity contribution is 7.99. The van der Waals surface area contributed by atoms with Gasteiger partial charge >= 0.3 is 5.97 Å². The Hall–Kier alpha value is -1.33. The highest BCUT2D eigenvalue weighted by Gasteiger charge is 2.16. The molecule has 1 N–H and O–H groups in total.